The van der Waals surface area contributed by atoms with E-state index in [2.05, 4.69) is 24.6 Å². The van der Waals surface area contributed by atoms with Crippen molar-refractivity contribution in [3.05, 3.63) is 52.6 Å². The Labute approximate surface area is 149 Å². The molecule has 1 heterocycles. The molecule has 0 saturated carbocycles. The van der Waals surface area contributed by atoms with E-state index in [1.54, 1.807) is 18.5 Å². The van der Waals surface area contributed by atoms with Crippen LogP contribution in [0.5, 0.6) is 0 Å². The van der Waals surface area contributed by atoms with Crippen molar-refractivity contribution >= 4 is 19.4 Å². The van der Waals surface area contributed by atoms with Crippen LogP contribution >= 0.6 is 0 Å². The van der Waals surface area contributed by atoms with E-state index in [0.717, 1.165) is 24.0 Å². The van der Waals surface area contributed by atoms with E-state index in [0.29, 0.717) is 13.3 Å². The summed E-state index contributed by atoms with van der Waals surface area (Å²) in [5, 5.41) is 10.9. The molecule has 7 nitrogen and oxygen atoms in total. The van der Waals surface area contributed by atoms with Crippen molar-refractivity contribution in [3.8, 4) is 0 Å². The highest BCUT2D eigenvalue weighted by Crippen LogP contribution is 2.21. The molecule has 0 radical (unpaired) electrons. The number of rotatable bonds is 9. The SMILES string of the molecule is CN(Cc1cn(COCC[Si](C)(C)C)cn1)c1cccc([N+](=O)[O-])c1. The molecule has 0 aliphatic carbocycles. The lowest BCUT2D eigenvalue weighted by Crippen LogP contribution is -2.21. The molecule has 136 valence electrons. The second-order valence-electron chi connectivity index (χ2n) is 7.36. The molecule has 0 unspecified atom stereocenters. The predicted octanol–water partition coefficient (Wildman–Crippen LogP) is 3.74. The molecule has 0 bridgehead atoms. The number of hydrogen-bond donors (Lipinski definition) is 0. The lowest BCUT2D eigenvalue weighted by atomic mass is 10.2. The van der Waals surface area contributed by atoms with Crippen LogP contribution in [0, 0.1) is 10.1 Å². The van der Waals surface area contributed by atoms with E-state index < -0.39 is 8.07 Å². The van der Waals surface area contributed by atoms with Gasteiger partial charge in [0, 0.05) is 45.7 Å². The van der Waals surface area contributed by atoms with E-state index in [1.165, 1.54) is 6.07 Å². The summed E-state index contributed by atoms with van der Waals surface area (Å²) in [6.45, 7) is 8.83. The first-order valence-corrected chi connectivity index (χ1v) is 12.0. The molecule has 0 aliphatic rings. The maximum absolute atomic E-state index is 10.9. The molecule has 2 aromatic rings. The quantitative estimate of drug-likeness (QED) is 0.294. The van der Waals surface area contributed by atoms with Gasteiger partial charge in [0.25, 0.3) is 5.69 Å². The highest BCUT2D eigenvalue weighted by molar-refractivity contribution is 6.76. The predicted molar refractivity (Wildman–Crippen MR) is 102 cm³/mol. The van der Waals surface area contributed by atoms with Crippen molar-refractivity contribution in [1.29, 1.82) is 0 Å². The summed E-state index contributed by atoms with van der Waals surface area (Å²) in [6.07, 6.45) is 3.70. The minimum absolute atomic E-state index is 0.0886. The summed E-state index contributed by atoms with van der Waals surface area (Å²) < 4.78 is 7.63. The minimum atomic E-state index is -1.07. The Bertz CT molecular complexity index is 712. The lowest BCUT2D eigenvalue weighted by molar-refractivity contribution is -0.384. The molecule has 0 amide bonds. The maximum atomic E-state index is 10.9. The summed E-state index contributed by atoms with van der Waals surface area (Å²) in [5.41, 5.74) is 1.77. The zero-order chi connectivity index (χ0) is 18.4. The van der Waals surface area contributed by atoms with Crippen LogP contribution in [-0.2, 0) is 18.0 Å². The number of nitro groups is 1. The van der Waals surface area contributed by atoms with Gasteiger partial charge in [-0.25, -0.2) is 4.98 Å². The van der Waals surface area contributed by atoms with E-state index in [-0.39, 0.29) is 10.6 Å². The number of nitrogens with zero attached hydrogens (tertiary/aromatic N) is 4. The first-order chi connectivity index (χ1) is 11.7. The van der Waals surface area contributed by atoms with Gasteiger partial charge in [-0.15, -0.1) is 0 Å². The Morgan fingerprint density at radius 2 is 2.12 bits per heavy atom. The van der Waals surface area contributed by atoms with Crippen LogP contribution in [0.1, 0.15) is 5.69 Å². The van der Waals surface area contributed by atoms with Gasteiger partial charge in [0.05, 0.1) is 23.5 Å². The zero-order valence-corrected chi connectivity index (χ0v) is 16.3. The van der Waals surface area contributed by atoms with Gasteiger partial charge in [0.1, 0.15) is 6.73 Å². The molecule has 0 saturated heterocycles. The van der Waals surface area contributed by atoms with Gasteiger partial charge < -0.3 is 14.2 Å². The number of nitro benzene ring substituents is 1. The Morgan fingerprint density at radius 1 is 1.36 bits per heavy atom. The molecule has 1 aromatic carbocycles. The average molecular weight is 363 g/mol. The molecule has 0 N–H and O–H groups in total. The zero-order valence-electron chi connectivity index (χ0n) is 15.3. The summed E-state index contributed by atoms with van der Waals surface area (Å²) in [4.78, 5) is 16.8. The van der Waals surface area contributed by atoms with Gasteiger partial charge in [-0.2, -0.15) is 0 Å². The van der Waals surface area contributed by atoms with Crippen LogP contribution in [0.4, 0.5) is 11.4 Å². The molecular formula is C17H26N4O3Si. The van der Waals surface area contributed by atoms with Crippen LogP contribution < -0.4 is 4.90 Å². The molecule has 2 rings (SSSR count). The molecule has 25 heavy (non-hydrogen) atoms. The number of hydrogen-bond acceptors (Lipinski definition) is 5. The van der Waals surface area contributed by atoms with Crippen molar-refractivity contribution in [1.82, 2.24) is 9.55 Å². The fraction of sp³-hybridized carbons (Fsp3) is 0.471. The standard InChI is InChI=1S/C17H26N4O3Si/c1-19(16-6-5-7-17(10-16)21(22)23)11-15-12-20(13-18-15)14-24-8-9-25(2,3)4/h5-7,10,12-13H,8-9,11,14H2,1-4H3. The normalized spacial score (nSPS) is 11.5. The molecule has 0 aliphatic heterocycles. The molecule has 0 spiro atoms. The summed E-state index contributed by atoms with van der Waals surface area (Å²) in [7, 11) is 0.825. The van der Waals surface area contributed by atoms with Crippen molar-refractivity contribution in [2.75, 3.05) is 18.6 Å². The first kappa shape index (κ1) is 19.1. The topological polar surface area (TPSA) is 73.4 Å². The van der Waals surface area contributed by atoms with Crippen LogP contribution in [0.25, 0.3) is 0 Å². The number of ether oxygens (including phenoxy) is 1. The fourth-order valence-electron chi connectivity index (χ4n) is 2.29. The van der Waals surface area contributed by atoms with Crippen LogP contribution in [-0.4, -0.2) is 36.2 Å². The third kappa shape index (κ3) is 6.31. The van der Waals surface area contributed by atoms with Gasteiger partial charge in [-0.3, -0.25) is 10.1 Å². The first-order valence-electron chi connectivity index (χ1n) is 8.28. The van der Waals surface area contributed by atoms with Crippen molar-refractivity contribution in [2.24, 2.45) is 0 Å². The van der Waals surface area contributed by atoms with Crippen molar-refractivity contribution in [3.63, 3.8) is 0 Å². The van der Waals surface area contributed by atoms with Crippen LogP contribution in [0.3, 0.4) is 0 Å². The van der Waals surface area contributed by atoms with Crippen LogP contribution in [0.15, 0.2) is 36.8 Å². The Hall–Kier alpha value is -2.19. The number of aromatic nitrogens is 2. The largest absolute Gasteiger partial charge is 0.368 e. The lowest BCUT2D eigenvalue weighted by Gasteiger charge is -2.17. The second-order valence-corrected chi connectivity index (χ2v) is 13.0. The van der Waals surface area contributed by atoms with Gasteiger partial charge in [-0.05, 0) is 12.1 Å². The molecule has 1 aromatic heterocycles. The smallest absolute Gasteiger partial charge is 0.271 e. The summed E-state index contributed by atoms with van der Waals surface area (Å²) >= 11 is 0. The number of benzene rings is 1. The van der Waals surface area contributed by atoms with E-state index in [1.807, 2.05) is 28.8 Å². The average Bonchev–Trinajstić information content (AvgIpc) is 2.98. The van der Waals surface area contributed by atoms with Crippen molar-refractivity contribution < 1.29 is 9.66 Å². The monoisotopic (exact) mass is 362 g/mol. The third-order valence-corrected chi connectivity index (χ3v) is 5.51. The molecule has 0 atom stereocenters. The van der Waals surface area contributed by atoms with Gasteiger partial charge in [-0.1, -0.05) is 25.7 Å². The van der Waals surface area contributed by atoms with Crippen molar-refractivity contribution in [2.45, 2.75) is 39.0 Å². The summed E-state index contributed by atoms with van der Waals surface area (Å²) in [5.74, 6) is 0. The van der Waals surface area contributed by atoms with Gasteiger partial charge >= 0.3 is 0 Å². The minimum Gasteiger partial charge on any atom is -0.368 e. The second kappa shape index (κ2) is 8.26. The molecule has 0 fully saturated rings. The number of imidazole rings is 1. The number of non-ortho nitro benzene ring substituents is 1. The highest BCUT2D eigenvalue weighted by atomic mass is 28.3. The summed E-state index contributed by atoms with van der Waals surface area (Å²) in [6, 6.07) is 7.74. The van der Waals surface area contributed by atoms with E-state index in [9.17, 15) is 10.1 Å². The van der Waals surface area contributed by atoms with Gasteiger partial charge in [0.2, 0.25) is 0 Å². The van der Waals surface area contributed by atoms with E-state index in [4.69, 9.17) is 4.74 Å². The third-order valence-electron chi connectivity index (χ3n) is 3.80. The maximum Gasteiger partial charge on any atom is 0.271 e. The Balaban J connectivity index is 1.88. The Kier molecular flexibility index (Phi) is 6.32. The van der Waals surface area contributed by atoms with Gasteiger partial charge in [0.15, 0.2) is 0 Å². The molecule has 8 heteroatoms. The Morgan fingerprint density at radius 3 is 2.80 bits per heavy atom. The fourth-order valence-corrected chi connectivity index (χ4v) is 3.04. The molecular weight excluding hydrogens is 336 g/mol. The van der Waals surface area contributed by atoms with E-state index >= 15 is 0 Å². The number of anilines is 1. The van der Waals surface area contributed by atoms with Crippen LogP contribution in [0.2, 0.25) is 25.7 Å². The highest BCUT2D eigenvalue weighted by Gasteiger charge is 2.12.